The average Bonchev–Trinajstić information content (AvgIpc) is 3.37. The third-order valence-corrected chi connectivity index (χ3v) is 8.30. The van der Waals surface area contributed by atoms with E-state index in [0.29, 0.717) is 0 Å². The predicted octanol–water partition coefficient (Wildman–Crippen LogP) is 6.05. The Morgan fingerprint density at radius 3 is 2.27 bits per heavy atom. The van der Waals surface area contributed by atoms with E-state index in [-0.39, 0.29) is 38.6 Å². The van der Waals surface area contributed by atoms with Gasteiger partial charge in [-0.05, 0) is 35.7 Å². The summed E-state index contributed by atoms with van der Waals surface area (Å²) in [5, 5.41) is 13.2. The molecule has 0 saturated carbocycles. The van der Waals surface area contributed by atoms with Crippen LogP contribution in [-0.2, 0) is 19.9 Å². The number of aliphatic carboxylic acids is 1. The number of hydrogen-bond donors (Lipinski definition) is 2. The van der Waals surface area contributed by atoms with E-state index in [1.165, 1.54) is 29.2 Å². The number of carboxylic acid groups (broad SMARTS) is 1. The first kappa shape index (κ1) is 29.0. The minimum Gasteiger partial charge on any atom is -0.481 e. The van der Waals surface area contributed by atoms with Crippen LogP contribution >= 0.6 is 34.8 Å². The lowest BCUT2D eigenvalue weighted by Gasteiger charge is -2.36. The van der Waals surface area contributed by atoms with Crippen molar-refractivity contribution in [3.05, 3.63) is 56.8 Å². The fourth-order valence-corrected chi connectivity index (χ4v) is 7.15. The first-order chi connectivity index (χ1) is 18.5. The van der Waals surface area contributed by atoms with Crippen LogP contribution in [0.1, 0.15) is 32.8 Å². The van der Waals surface area contributed by atoms with Crippen molar-refractivity contribution >= 4 is 64.0 Å². The van der Waals surface area contributed by atoms with Crippen LogP contribution in [-0.4, -0.2) is 52.8 Å². The highest BCUT2D eigenvalue weighted by molar-refractivity contribution is 6.35. The number of carbonyl (C=O) groups is 3. The standard InChI is InChI=1S/C27H25Cl3F3N3O4/c1-25(2,3)10-35(15-5-12(28)4-13(29)6-15)22(37)19-18-9-26(32,33)11-36(18)27(20(19)23(38)39)16-7-14(30)8-17(31)21(16)34-24(27)40/h4-8,18-20H,9-11H2,1-3H3,(H,34,40)(H,38,39)/t18?,19-,20+,27-/m1/s1. The van der Waals surface area contributed by atoms with Gasteiger partial charge in [-0.15, -0.1) is 0 Å². The second-order valence-corrected chi connectivity index (χ2v) is 13.0. The van der Waals surface area contributed by atoms with Crippen molar-refractivity contribution in [3.63, 3.8) is 0 Å². The van der Waals surface area contributed by atoms with Gasteiger partial charge in [-0.1, -0.05) is 55.6 Å². The summed E-state index contributed by atoms with van der Waals surface area (Å²) in [5.41, 5.74) is -3.15. The number of anilines is 2. The minimum absolute atomic E-state index is 0.0463. The molecule has 1 unspecified atom stereocenters. The monoisotopic (exact) mass is 617 g/mol. The van der Waals surface area contributed by atoms with Gasteiger partial charge in [0.1, 0.15) is 17.3 Å². The van der Waals surface area contributed by atoms with Crippen LogP contribution in [0, 0.1) is 23.1 Å². The first-order valence-corrected chi connectivity index (χ1v) is 13.6. The summed E-state index contributed by atoms with van der Waals surface area (Å²) in [5.74, 6) is -11.1. The van der Waals surface area contributed by atoms with Crippen LogP contribution in [0.15, 0.2) is 30.3 Å². The highest BCUT2D eigenvalue weighted by atomic mass is 35.5. The smallest absolute Gasteiger partial charge is 0.310 e. The fraction of sp³-hybridized carbons (Fsp3) is 0.444. The van der Waals surface area contributed by atoms with Gasteiger partial charge < -0.3 is 15.3 Å². The van der Waals surface area contributed by atoms with Crippen molar-refractivity contribution in [2.45, 2.75) is 44.7 Å². The lowest BCUT2D eigenvalue weighted by molar-refractivity contribution is -0.153. The van der Waals surface area contributed by atoms with Crippen LogP contribution in [0.25, 0.3) is 0 Å². The van der Waals surface area contributed by atoms with E-state index < -0.39 is 71.3 Å². The number of carboxylic acids is 1. The lowest BCUT2D eigenvalue weighted by atomic mass is 9.73. The number of carbonyl (C=O) groups excluding carboxylic acids is 2. The number of amides is 2. The Kier molecular flexibility index (Phi) is 6.89. The molecule has 0 aromatic heterocycles. The van der Waals surface area contributed by atoms with Crippen LogP contribution in [0.5, 0.6) is 0 Å². The van der Waals surface area contributed by atoms with Gasteiger partial charge in [0.2, 0.25) is 5.91 Å². The van der Waals surface area contributed by atoms with E-state index in [1.54, 1.807) is 0 Å². The largest absolute Gasteiger partial charge is 0.481 e. The Hall–Kier alpha value is -2.53. The summed E-state index contributed by atoms with van der Waals surface area (Å²) in [7, 11) is 0. The van der Waals surface area contributed by atoms with E-state index >= 15 is 8.78 Å². The molecule has 7 nitrogen and oxygen atoms in total. The molecule has 2 amide bonds. The van der Waals surface area contributed by atoms with E-state index in [2.05, 4.69) is 5.32 Å². The lowest BCUT2D eigenvalue weighted by Crippen LogP contribution is -2.54. The van der Waals surface area contributed by atoms with Gasteiger partial charge in [-0.3, -0.25) is 19.3 Å². The molecular weight excluding hydrogens is 594 g/mol. The Morgan fingerprint density at radius 2 is 1.70 bits per heavy atom. The summed E-state index contributed by atoms with van der Waals surface area (Å²) in [6.07, 6.45) is -0.875. The maximum atomic E-state index is 15.0. The molecule has 1 spiro atoms. The van der Waals surface area contributed by atoms with Crippen LogP contribution in [0.3, 0.4) is 0 Å². The van der Waals surface area contributed by atoms with Crippen molar-refractivity contribution in [2.75, 3.05) is 23.3 Å². The molecule has 40 heavy (non-hydrogen) atoms. The normalized spacial score (nSPS) is 27.0. The quantitative estimate of drug-likeness (QED) is 0.435. The number of benzene rings is 2. The van der Waals surface area contributed by atoms with Crippen molar-refractivity contribution in [2.24, 2.45) is 17.3 Å². The van der Waals surface area contributed by atoms with E-state index in [0.717, 1.165) is 11.0 Å². The number of rotatable bonds is 4. The van der Waals surface area contributed by atoms with Crippen LogP contribution in [0.2, 0.25) is 15.1 Å². The Labute approximate surface area is 243 Å². The first-order valence-electron chi connectivity index (χ1n) is 12.4. The summed E-state index contributed by atoms with van der Waals surface area (Å²) in [4.78, 5) is 43.5. The number of fused-ring (bicyclic) bond motifs is 4. The van der Waals surface area contributed by atoms with Gasteiger partial charge in [-0.2, -0.15) is 0 Å². The van der Waals surface area contributed by atoms with Crippen LogP contribution < -0.4 is 10.2 Å². The SMILES string of the molecule is CC(C)(C)CN(C(=O)[C@@H]1C2CC(F)(F)CN2[C@@]2(C(=O)Nc3c(F)cc(Cl)cc32)[C@@H]1C(=O)O)c1cc(Cl)cc(Cl)c1. The fourth-order valence-electron chi connectivity index (χ4n) is 6.43. The van der Waals surface area contributed by atoms with Gasteiger partial charge in [-0.25, -0.2) is 13.2 Å². The molecule has 3 aliphatic heterocycles. The van der Waals surface area contributed by atoms with E-state index in [4.69, 9.17) is 34.8 Å². The topological polar surface area (TPSA) is 90.0 Å². The Morgan fingerprint density at radius 1 is 1.10 bits per heavy atom. The molecule has 2 N–H and O–H groups in total. The second-order valence-electron chi connectivity index (χ2n) is 11.7. The molecule has 3 heterocycles. The number of alkyl halides is 2. The summed E-state index contributed by atoms with van der Waals surface area (Å²) in [6.45, 7) is 4.56. The zero-order valence-corrected chi connectivity index (χ0v) is 23.8. The van der Waals surface area contributed by atoms with Crippen molar-refractivity contribution < 1.29 is 32.7 Å². The van der Waals surface area contributed by atoms with Crippen molar-refractivity contribution in [3.8, 4) is 0 Å². The summed E-state index contributed by atoms with van der Waals surface area (Å²) >= 11 is 18.5. The maximum absolute atomic E-state index is 15.0. The third-order valence-electron chi connectivity index (χ3n) is 7.65. The molecule has 3 aliphatic rings. The molecular formula is C27H25Cl3F3N3O4. The molecule has 214 valence electrons. The predicted molar refractivity (Wildman–Crippen MR) is 145 cm³/mol. The molecule has 2 fully saturated rings. The highest BCUT2D eigenvalue weighted by Gasteiger charge is 2.75. The second kappa shape index (κ2) is 9.51. The van der Waals surface area contributed by atoms with Gasteiger partial charge in [0, 0.05) is 45.3 Å². The Bertz CT molecular complexity index is 1430. The number of hydrogen-bond acceptors (Lipinski definition) is 4. The molecule has 13 heteroatoms. The Balaban J connectivity index is 1.74. The molecule has 0 bridgehead atoms. The number of nitrogens with one attached hydrogen (secondary N) is 1. The molecule has 0 aliphatic carbocycles. The van der Waals surface area contributed by atoms with Gasteiger partial charge >= 0.3 is 5.97 Å². The molecule has 2 saturated heterocycles. The average molecular weight is 619 g/mol. The molecule has 2 aromatic rings. The van der Waals surface area contributed by atoms with Gasteiger partial charge in [0.15, 0.2) is 0 Å². The number of nitrogens with zero attached hydrogens (tertiary/aromatic N) is 2. The van der Waals surface area contributed by atoms with E-state index in [1.807, 2.05) is 20.8 Å². The molecule has 0 radical (unpaired) electrons. The molecule has 2 aromatic carbocycles. The van der Waals surface area contributed by atoms with E-state index in [9.17, 15) is 23.9 Å². The van der Waals surface area contributed by atoms with Crippen molar-refractivity contribution in [1.29, 1.82) is 0 Å². The molecule has 4 atom stereocenters. The highest BCUT2D eigenvalue weighted by Crippen LogP contribution is 2.60. The zero-order chi connectivity index (χ0) is 29.5. The van der Waals surface area contributed by atoms with Gasteiger partial charge in [0.25, 0.3) is 11.8 Å². The molecule has 5 rings (SSSR count). The summed E-state index contributed by atoms with van der Waals surface area (Å²) < 4.78 is 45.0. The summed E-state index contributed by atoms with van der Waals surface area (Å²) in [6, 6.07) is 5.14. The number of halogens is 6. The minimum atomic E-state index is -3.35. The maximum Gasteiger partial charge on any atom is 0.310 e. The van der Waals surface area contributed by atoms with Gasteiger partial charge in [0.05, 0.1) is 18.2 Å². The van der Waals surface area contributed by atoms with Crippen molar-refractivity contribution in [1.82, 2.24) is 4.90 Å². The zero-order valence-electron chi connectivity index (χ0n) is 21.6. The van der Waals surface area contributed by atoms with Crippen LogP contribution in [0.4, 0.5) is 24.5 Å². The third kappa shape index (κ3) is 4.53.